The number of nitro benzene ring substituents is 1. The van der Waals surface area contributed by atoms with Crippen LogP contribution in [-0.4, -0.2) is 20.7 Å². The van der Waals surface area contributed by atoms with Crippen LogP contribution in [0.4, 0.5) is 15.9 Å². The zero-order chi connectivity index (χ0) is 25.6. The van der Waals surface area contributed by atoms with Gasteiger partial charge in [0.25, 0.3) is 11.2 Å². The molecular weight excluding hydrogens is 483 g/mol. The van der Waals surface area contributed by atoms with E-state index in [1.54, 1.807) is 30.3 Å². The van der Waals surface area contributed by atoms with Crippen molar-refractivity contribution in [3.63, 3.8) is 0 Å². The van der Waals surface area contributed by atoms with Gasteiger partial charge in [0, 0.05) is 35.1 Å². The van der Waals surface area contributed by atoms with Crippen LogP contribution in [-0.2, 0) is 10.5 Å². The molecule has 1 aliphatic heterocycles. The van der Waals surface area contributed by atoms with Gasteiger partial charge in [0.1, 0.15) is 11.6 Å². The number of nitrogens with zero attached hydrogens (tertiary/aromatic N) is 2. The Morgan fingerprint density at radius 2 is 1.86 bits per heavy atom. The van der Waals surface area contributed by atoms with Gasteiger partial charge in [0.05, 0.1) is 16.4 Å². The fraction of sp³-hybridized carbons (Fsp3) is 0.269. The molecule has 2 N–H and O–H groups in total. The molecule has 0 fully saturated rings. The summed E-state index contributed by atoms with van der Waals surface area (Å²) in [6.45, 7) is 3.97. The van der Waals surface area contributed by atoms with Crippen LogP contribution in [0.25, 0.3) is 0 Å². The molecule has 36 heavy (non-hydrogen) atoms. The number of aromatic amines is 1. The van der Waals surface area contributed by atoms with Crippen molar-refractivity contribution in [3.05, 3.63) is 103 Å². The number of thioether (sulfide) groups is 1. The number of H-pyrrole nitrogens is 1. The van der Waals surface area contributed by atoms with Gasteiger partial charge in [-0.05, 0) is 29.5 Å². The highest BCUT2D eigenvalue weighted by Crippen LogP contribution is 2.49. The van der Waals surface area contributed by atoms with Gasteiger partial charge in [-0.25, -0.2) is 9.37 Å². The van der Waals surface area contributed by atoms with Crippen molar-refractivity contribution in [2.45, 2.75) is 43.5 Å². The van der Waals surface area contributed by atoms with E-state index in [1.165, 1.54) is 30.0 Å². The number of halogens is 1. The first-order chi connectivity index (χ1) is 17.1. The molecule has 0 spiro atoms. The van der Waals surface area contributed by atoms with Crippen LogP contribution in [0.3, 0.4) is 0 Å². The summed E-state index contributed by atoms with van der Waals surface area (Å²) in [6.07, 6.45) is 0.814. The molecule has 10 heteroatoms. The van der Waals surface area contributed by atoms with E-state index in [0.717, 1.165) is 5.56 Å². The van der Waals surface area contributed by atoms with E-state index in [0.29, 0.717) is 28.6 Å². The maximum absolute atomic E-state index is 13.4. The minimum atomic E-state index is -0.908. The molecule has 0 bridgehead atoms. The Balaban J connectivity index is 1.62. The first-order valence-electron chi connectivity index (χ1n) is 11.4. The molecule has 184 valence electrons. The van der Waals surface area contributed by atoms with E-state index in [1.807, 2.05) is 13.8 Å². The first-order valence-corrected chi connectivity index (χ1v) is 12.4. The van der Waals surface area contributed by atoms with Crippen molar-refractivity contribution in [1.29, 1.82) is 0 Å². The molecule has 2 aromatic carbocycles. The van der Waals surface area contributed by atoms with E-state index in [9.17, 15) is 24.1 Å². The van der Waals surface area contributed by atoms with Crippen molar-refractivity contribution < 1.29 is 14.1 Å². The quantitative estimate of drug-likeness (QED) is 0.208. The number of allylic oxidation sites excluding steroid dienone is 2. The lowest BCUT2D eigenvalue weighted by Gasteiger charge is -2.38. The molecule has 0 saturated carbocycles. The number of carbonyl (C=O) groups is 1. The number of Topliss-reactive ketones (excluding diaryl/α,β-unsaturated/α-hetero) is 1. The summed E-state index contributed by atoms with van der Waals surface area (Å²) in [5, 5.41) is 15.4. The summed E-state index contributed by atoms with van der Waals surface area (Å²) in [4.78, 5) is 45.5. The summed E-state index contributed by atoms with van der Waals surface area (Å²) in [5.74, 6) is -0.642. The molecule has 1 aromatic heterocycles. The monoisotopic (exact) mass is 506 g/mol. The number of aromatic nitrogens is 2. The third-order valence-corrected chi connectivity index (χ3v) is 7.38. The van der Waals surface area contributed by atoms with Crippen molar-refractivity contribution >= 4 is 29.1 Å². The van der Waals surface area contributed by atoms with Gasteiger partial charge >= 0.3 is 0 Å². The highest BCUT2D eigenvalue weighted by Gasteiger charge is 2.44. The highest BCUT2D eigenvalue weighted by atomic mass is 32.2. The minimum Gasteiger partial charge on any atom is -0.343 e. The predicted octanol–water partition coefficient (Wildman–Crippen LogP) is 5.31. The molecule has 0 saturated heterocycles. The number of fused-ring (bicyclic) bond motifs is 1. The number of ketones is 1. The number of anilines is 1. The second-order valence-corrected chi connectivity index (χ2v) is 10.7. The van der Waals surface area contributed by atoms with Crippen molar-refractivity contribution in [2.75, 3.05) is 5.32 Å². The standard InChI is InChI=1S/C26H23FN4O4S/c1-26(2)11-17-21(19(32)12-26)20(16-5-3-4-6-18(16)31(34)35)22-23(28-17)29-25(30-24(22)33)36-13-14-7-9-15(27)10-8-14/h3-10,20H,11-13H2,1-2H3,(H2,28,29,30,33). The largest absolute Gasteiger partial charge is 0.343 e. The Labute approximate surface area is 210 Å². The average Bonchev–Trinajstić information content (AvgIpc) is 2.81. The maximum atomic E-state index is 13.4. The van der Waals surface area contributed by atoms with Gasteiger partial charge in [-0.1, -0.05) is 55.9 Å². The molecule has 2 aliphatic rings. The molecule has 1 unspecified atom stereocenters. The van der Waals surface area contributed by atoms with Gasteiger partial charge in [0.2, 0.25) is 0 Å². The van der Waals surface area contributed by atoms with E-state index in [4.69, 9.17) is 0 Å². The summed E-state index contributed by atoms with van der Waals surface area (Å²) < 4.78 is 13.2. The van der Waals surface area contributed by atoms with E-state index >= 15 is 0 Å². The lowest BCUT2D eigenvalue weighted by atomic mass is 9.69. The molecule has 0 radical (unpaired) electrons. The van der Waals surface area contributed by atoms with Crippen LogP contribution < -0.4 is 10.9 Å². The lowest BCUT2D eigenvalue weighted by molar-refractivity contribution is -0.385. The van der Waals surface area contributed by atoms with Crippen LogP contribution in [0.1, 0.15) is 49.3 Å². The molecule has 1 aliphatic carbocycles. The summed E-state index contributed by atoms with van der Waals surface area (Å²) >= 11 is 1.28. The summed E-state index contributed by atoms with van der Waals surface area (Å²) in [6, 6.07) is 12.2. The number of rotatable bonds is 5. The maximum Gasteiger partial charge on any atom is 0.273 e. The van der Waals surface area contributed by atoms with Crippen LogP contribution in [0.5, 0.6) is 0 Å². The van der Waals surface area contributed by atoms with Gasteiger partial charge in [0.15, 0.2) is 10.9 Å². The van der Waals surface area contributed by atoms with Gasteiger partial charge < -0.3 is 10.3 Å². The Hall–Kier alpha value is -3.79. The Morgan fingerprint density at radius 1 is 1.14 bits per heavy atom. The van der Waals surface area contributed by atoms with Gasteiger partial charge in [-0.15, -0.1) is 0 Å². The van der Waals surface area contributed by atoms with Gasteiger partial charge in [-0.3, -0.25) is 19.7 Å². The SMILES string of the molecule is CC1(C)CC(=O)C2=C(C1)Nc1nc(SCc3ccc(F)cc3)[nH]c(=O)c1C2c1ccccc1[N+](=O)[O-]. The van der Waals surface area contributed by atoms with Crippen LogP contribution in [0.2, 0.25) is 0 Å². The first kappa shape index (κ1) is 23.9. The summed E-state index contributed by atoms with van der Waals surface area (Å²) in [7, 11) is 0. The lowest BCUT2D eigenvalue weighted by Crippen LogP contribution is -2.37. The average molecular weight is 507 g/mol. The number of nitrogens with one attached hydrogen (secondary N) is 2. The molecule has 2 heterocycles. The Kier molecular flexibility index (Phi) is 5.99. The number of nitro groups is 1. The third kappa shape index (κ3) is 4.44. The van der Waals surface area contributed by atoms with Crippen LogP contribution >= 0.6 is 11.8 Å². The molecule has 1 atom stereocenters. The third-order valence-electron chi connectivity index (χ3n) is 6.43. The molecule has 8 nitrogen and oxygen atoms in total. The van der Waals surface area contributed by atoms with E-state index in [2.05, 4.69) is 15.3 Å². The molecule has 3 aromatic rings. The zero-order valence-corrected chi connectivity index (χ0v) is 20.4. The van der Waals surface area contributed by atoms with Crippen molar-refractivity contribution in [1.82, 2.24) is 9.97 Å². The minimum absolute atomic E-state index is 0.142. The fourth-order valence-corrected chi connectivity index (χ4v) is 5.72. The van der Waals surface area contributed by atoms with Crippen molar-refractivity contribution in [3.8, 4) is 0 Å². The smallest absolute Gasteiger partial charge is 0.273 e. The molecule has 5 rings (SSSR count). The van der Waals surface area contributed by atoms with E-state index < -0.39 is 16.4 Å². The summed E-state index contributed by atoms with van der Waals surface area (Å²) in [5.41, 5.74) is 1.41. The van der Waals surface area contributed by atoms with Crippen LogP contribution in [0.15, 0.2) is 69.8 Å². The van der Waals surface area contributed by atoms with Crippen molar-refractivity contribution in [2.24, 2.45) is 5.41 Å². The van der Waals surface area contributed by atoms with E-state index in [-0.39, 0.29) is 46.1 Å². The normalized spacial score (nSPS) is 18.3. The zero-order valence-electron chi connectivity index (χ0n) is 19.6. The van der Waals surface area contributed by atoms with Gasteiger partial charge in [-0.2, -0.15) is 0 Å². The Morgan fingerprint density at radius 3 is 2.58 bits per heavy atom. The number of hydrogen-bond acceptors (Lipinski definition) is 7. The number of hydrogen-bond donors (Lipinski definition) is 2. The fourth-order valence-electron chi connectivity index (χ4n) is 4.90. The Bertz CT molecular complexity index is 1480. The number of para-hydroxylation sites is 1. The molecule has 0 amide bonds. The highest BCUT2D eigenvalue weighted by molar-refractivity contribution is 7.98. The number of benzene rings is 2. The van der Waals surface area contributed by atoms with Crippen LogP contribution in [0, 0.1) is 21.3 Å². The second kappa shape index (κ2) is 9.02. The number of carbonyl (C=O) groups excluding carboxylic acids is 1. The predicted molar refractivity (Wildman–Crippen MR) is 134 cm³/mol. The molecular formula is C26H23FN4O4S. The topological polar surface area (TPSA) is 118 Å². The second-order valence-electron chi connectivity index (χ2n) is 9.76.